The molecular formula is C13H19NO3. The van der Waals surface area contributed by atoms with Crippen LogP contribution in [0.25, 0.3) is 0 Å². The van der Waals surface area contributed by atoms with Gasteiger partial charge >= 0.3 is 5.97 Å². The third-order valence-electron chi connectivity index (χ3n) is 3.34. The maximum Gasteiger partial charge on any atom is 0.341 e. The van der Waals surface area contributed by atoms with E-state index in [1.54, 1.807) is 0 Å². The molecule has 0 spiro atoms. The number of rotatable bonds is 4. The molecule has 94 valence electrons. The summed E-state index contributed by atoms with van der Waals surface area (Å²) in [6, 6.07) is 0. The predicted molar refractivity (Wildman–Crippen MR) is 63.2 cm³/mol. The lowest BCUT2D eigenvalue weighted by atomic mass is 9.96. The minimum atomic E-state index is -0.899. The largest absolute Gasteiger partial charge is 0.477 e. The van der Waals surface area contributed by atoms with Gasteiger partial charge in [0.1, 0.15) is 11.3 Å². The summed E-state index contributed by atoms with van der Waals surface area (Å²) in [7, 11) is 0. The molecule has 1 N–H and O–H groups in total. The van der Waals surface area contributed by atoms with Gasteiger partial charge in [0, 0.05) is 12.3 Å². The monoisotopic (exact) mass is 237 g/mol. The lowest BCUT2D eigenvalue weighted by Gasteiger charge is -2.06. The van der Waals surface area contributed by atoms with E-state index in [4.69, 9.17) is 4.52 Å². The first-order chi connectivity index (χ1) is 8.09. The van der Waals surface area contributed by atoms with Gasteiger partial charge in [0.05, 0.1) is 0 Å². The number of nitrogens with zero attached hydrogens (tertiary/aromatic N) is 1. The molecule has 0 bridgehead atoms. The van der Waals surface area contributed by atoms with Crippen molar-refractivity contribution in [3.05, 3.63) is 17.0 Å². The van der Waals surface area contributed by atoms with Crippen molar-refractivity contribution in [2.45, 2.75) is 51.9 Å². The fourth-order valence-corrected chi connectivity index (χ4v) is 2.56. The zero-order valence-corrected chi connectivity index (χ0v) is 10.4. The molecule has 0 aromatic carbocycles. The van der Waals surface area contributed by atoms with E-state index in [0.717, 1.165) is 25.7 Å². The Morgan fingerprint density at radius 1 is 1.47 bits per heavy atom. The molecular weight excluding hydrogens is 218 g/mol. The number of hydrogen-bond donors (Lipinski definition) is 1. The molecule has 0 unspecified atom stereocenters. The first kappa shape index (κ1) is 12.1. The highest BCUT2D eigenvalue weighted by Gasteiger charge is 2.29. The summed E-state index contributed by atoms with van der Waals surface area (Å²) in [5.41, 5.74) is 0.997. The van der Waals surface area contributed by atoms with Crippen molar-refractivity contribution in [3.63, 3.8) is 0 Å². The molecule has 0 radical (unpaired) electrons. The number of hydrogen-bond acceptors (Lipinski definition) is 3. The van der Waals surface area contributed by atoms with Crippen LogP contribution >= 0.6 is 0 Å². The van der Waals surface area contributed by atoms with Crippen LogP contribution in [-0.4, -0.2) is 16.2 Å². The van der Waals surface area contributed by atoms with Crippen LogP contribution in [0.15, 0.2) is 4.52 Å². The Bertz CT molecular complexity index is 403. The Balaban J connectivity index is 2.32. The van der Waals surface area contributed by atoms with E-state index in [0.29, 0.717) is 29.4 Å². The molecule has 17 heavy (non-hydrogen) atoms. The van der Waals surface area contributed by atoms with Crippen LogP contribution in [-0.2, 0) is 6.42 Å². The Labute approximate surface area is 101 Å². The van der Waals surface area contributed by atoms with Crippen LogP contribution in [0.2, 0.25) is 0 Å². The molecule has 1 aliphatic carbocycles. The Morgan fingerprint density at radius 3 is 2.65 bits per heavy atom. The second kappa shape index (κ2) is 4.90. The first-order valence-electron chi connectivity index (χ1n) is 6.31. The molecule has 2 rings (SSSR count). The predicted octanol–water partition coefficient (Wildman–Crippen LogP) is 3.23. The average molecular weight is 237 g/mol. The van der Waals surface area contributed by atoms with Crippen LogP contribution < -0.4 is 0 Å². The lowest BCUT2D eigenvalue weighted by Crippen LogP contribution is -2.07. The van der Waals surface area contributed by atoms with Crippen molar-refractivity contribution in [2.24, 2.45) is 5.92 Å². The van der Waals surface area contributed by atoms with E-state index in [2.05, 4.69) is 5.16 Å². The van der Waals surface area contributed by atoms with Gasteiger partial charge in [0.25, 0.3) is 0 Å². The summed E-state index contributed by atoms with van der Waals surface area (Å²) in [5.74, 6) is 0.293. The molecule has 1 aromatic heterocycles. The van der Waals surface area contributed by atoms with E-state index in [-0.39, 0.29) is 5.92 Å². The summed E-state index contributed by atoms with van der Waals surface area (Å²) >= 11 is 0. The zero-order valence-electron chi connectivity index (χ0n) is 10.4. The molecule has 0 saturated heterocycles. The quantitative estimate of drug-likeness (QED) is 0.873. The van der Waals surface area contributed by atoms with Gasteiger partial charge in [-0.3, -0.25) is 0 Å². The van der Waals surface area contributed by atoms with Gasteiger partial charge in [-0.1, -0.05) is 31.8 Å². The van der Waals surface area contributed by atoms with Crippen molar-refractivity contribution in [3.8, 4) is 0 Å². The summed E-state index contributed by atoms with van der Waals surface area (Å²) < 4.78 is 5.25. The lowest BCUT2D eigenvalue weighted by molar-refractivity contribution is 0.0692. The van der Waals surface area contributed by atoms with E-state index >= 15 is 0 Å². The number of aromatic carboxylic acids is 1. The molecule has 1 fully saturated rings. The second-order valence-electron chi connectivity index (χ2n) is 5.25. The van der Waals surface area contributed by atoms with E-state index in [1.807, 2.05) is 13.8 Å². The highest BCUT2D eigenvalue weighted by Crippen LogP contribution is 2.36. The number of carbonyl (C=O) groups is 1. The van der Waals surface area contributed by atoms with E-state index in [9.17, 15) is 9.90 Å². The smallest absolute Gasteiger partial charge is 0.341 e. The number of carboxylic acids is 1. The summed E-state index contributed by atoms with van der Waals surface area (Å²) in [4.78, 5) is 11.3. The zero-order chi connectivity index (χ0) is 12.4. The maximum atomic E-state index is 11.3. The van der Waals surface area contributed by atoms with Gasteiger partial charge in [0.2, 0.25) is 0 Å². The van der Waals surface area contributed by atoms with Crippen LogP contribution in [0.4, 0.5) is 0 Å². The SMILES string of the molecule is CC(C)Cc1onc(C2CCCC2)c1C(=O)O. The highest BCUT2D eigenvalue weighted by molar-refractivity contribution is 5.90. The summed E-state index contributed by atoms with van der Waals surface area (Å²) in [6.07, 6.45) is 5.04. The number of carboxylic acid groups (broad SMARTS) is 1. The fraction of sp³-hybridized carbons (Fsp3) is 0.692. The molecule has 1 aliphatic rings. The van der Waals surface area contributed by atoms with E-state index < -0.39 is 5.97 Å². The van der Waals surface area contributed by atoms with Crippen molar-refractivity contribution in [1.82, 2.24) is 5.16 Å². The molecule has 1 aromatic rings. The Hall–Kier alpha value is -1.32. The van der Waals surface area contributed by atoms with Gasteiger partial charge in [-0.2, -0.15) is 0 Å². The molecule has 4 nitrogen and oxygen atoms in total. The minimum absolute atomic E-state index is 0.283. The maximum absolute atomic E-state index is 11.3. The van der Waals surface area contributed by atoms with Gasteiger partial charge in [-0.25, -0.2) is 4.79 Å². The summed E-state index contributed by atoms with van der Waals surface area (Å²) in [5, 5.41) is 13.3. The van der Waals surface area contributed by atoms with Crippen LogP contribution in [0.1, 0.15) is 67.3 Å². The third kappa shape index (κ3) is 2.51. The molecule has 1 saturated carbocycles. The van der Waals surface area contributed by atoms with Crippen molar-refractivity contribution in [2.75, 3.05) is 0 Å². The van der Waals surface area contributed by atoms with Gasteiger partial charge in [-0.05, 0) is 18.8 Å². The molecule has 4 heteroatoms. The minimum Gasteiger partial charge on any atom is -0.477 e. The normalized spacial score (nSPS) is 16.9. The average Bonchev–Trinajstić information content (AvgIpc) is 2.82. The molecule has 0 aliphatic heterocycles. The van der Waals surface area contributed by atoms with Gasteiger partial charge < -0.3 is 9.63 Å². The second-order valence-corrected chi connectivity index (χ2v) is 5.25. The number of aromatic nitrogens is 1. The molecule has 0 amide bonds. The molecule has 0 atom stereocenters. The van der Waals surface area contributed by atoms with Crippen molar-refractivity contribution < 1.29 is 14.4 Å². The highest BCUT2D eigenvalue weighted by atomic mass is 16.5. The molecule has 1 heterocycles. The third-order valence-corrected chi connectivity index (χ3v) is 3.34. The van der Waals surface area contributed by atoms with Crippen molar-refractivity contribution >= 4 is 5.97 Å². The Morgan fingerprint density at radius 2 is 2.12 bits per heavy atom. The van der Waals surface area contributed by atoms with Gasteiger partial charge in [-0.15, -0.1) is 0 Å². The Kier molecular flexibility index (Phi) is 3.50. The van der Waals surface area contributed by atoms with Gasteiger partial charge in [0.15, 0.2) is 5.76 Å². The van der Waals surface area contributed by atoms with Crippen LogP contribution in [0.3, 0.4) is 0 Å². The fourth-order valence-electron chi connectivity index (χ4n) is 2.56. The van der Waals surface area contributed by atoms with E-state index in [1.165, 1.54) is 0 Å². The summed E-state index contributed by atoms with van der Waals surface area (Å²) in [6.45, 7) is 4.09. The van der Waals surface area contributed by atoms with Crippen LogP contribution in [0.5, 0.6) is 0 Å². The van der Waals surface area contributed by atoms with Crippen molar-refractivity contribution in [1.29, 1.82) is 0 Å². The standard InChI is InChI=1S/C13H19NO3/c1-8(2)7-10-11(13(15)16)12(14-17-10)9-5-3-4-6-9/h8-9H,3-7H2,1-2H3,(H,15,16). The first-order valence-corrected chi connectivity index (χ1v) is 6.31. The van der Waals surface area contributed by atoms with Crippen LogP contribution in [0, 0.1) is 5.92 Å². The topological polar surface area (TPSA) is 63.3 Å².